The second-order valence-electron chi connectivity index (χ2n) is 5.27. The van der Waals surface area contributed by atoms with Crippen LogP contribution in [0.5, 0.6) is 0 Å². The van der Waals surface area contributed by atoms with E-state index in [4.69, 9.17) is 12.7 Å². The minimum atomic E-state index is 0.250. The molecule has 0 aromatic carbocycles. The smallest absolute Gasteiger partial charge is 0.374 e. The Morgan fingerprint density at radius 3 is 2.14 bits per heavy atom. The van der Waals surface area contributed by atoms with E-state index in [0.717, 1.165) is 28.3 Å². The number of nitrogens with zero attached hydrogens (tertiary/aromatic N) is 5. The lowest BCUT2D eigenvalue weighted by molar-refractivity contribution is 0.560. The van der Waals surface area contributed by atoms with Crippen LogP contribution in [-0.4, -0.2) is 27.4 Å². The van der Waals surface area contributed by atoms with Crippen LogP contribution >= 0.6 is 0 Å². The summed E-state index contributed by atoms with van der Waals surface area (Å²) in [6.45, 7) is 7.60. The maximum atomic E-state index is 9.65. The predicted molar refractivity (Wildman–Crippen MR) is 84.6 cm³/mol. The van der Waals surface area contributed by atoms with E-state index in [1.807, 2.05) is 46.4 Å². The van der Waals surface area contributed by atoms with E-state index in [2.05, 4.69) is 16.2 Å². The first kappa shape index (κ1) is 15.9. The molecule has 22 heavy (non-hydrogen) atoms. The molecular formula is C15H18BN5O. The first-order valence-electron chi connectivity index (χ1n) is 6.85. The molecule has 0 fully saturated rings. The lowest BCUT2D eigenvalue weighted by atomic mass is 10.0. The van der Waals surface area contributed by atoms with Crippen LogP contribution in [-0.2, 0) is 18.7 Å². The fourth-order valence-corrected chi connectivity index (χ4v) is 2.50. The molecule has 0 N–H and O–H groups in total. The second kappa shape index (κ2) is 5.72. The normalized spacial score (nSPS) is 12.0. The van der Waals surface area contributed by atoms with Crippen LogP contribution in [0.4, 0.5) is 0 Å². The van der Waals surface area contributed by atoms with Crippen molar-refractivity contribution in [1.82, 2.24) is 19.3 Å². The number of allylic oxidation sites excluding steroid dienone is 1. The van der Waals surface area contributed by atoms with Crippen molar-refractivity contribution < 1.29 is 4.65 Å². The molecule has 112 valence electrons. The monoisotopic (exact) mass is 295 g/mol. The molecule has 0 saturated heterocycles. The lowest BCUT2D eigenvalue weighted by Gasteiger charge is -2.11. The third kappa shape index (κ3) is 2.31. The van der Waals surface area contributed by atoms with Gasteiger partial charge >= 0.3 is 8.05 Å². The van der Waals surface area contributed by atoms with Gasteiger partial charge < -0.3 is 9.22 Å². The van der Waals surface area contributed by atoms with Crippen molar-refractivity contribution in [3.8, 4) is 6.07 Å². The van der Waals surface area contributed by atoms with Crippen molar-refractivity contribution in [2.24, 2.45) is 14.1 Å². The average molecular weight is 295 g/mol. The van der Waals surface area contributed by atoms with Crippen molar-refractivity contribution >= 4 is 19.4 Å². The van der Waals surface area contributed by atoms with E-state index in [9.17, 15) is 5.26 Å². The molecule has 0 atom stereocenters. The van der Waals surface area contributed by atoms with Crippen molar-refractivity contribution in [3.05, 3.63) is 34.2 Å². The Balaban J connectivity index is 2.80. The van der Waals surface area contributed by atoms with Gasteiger partial charge in [0.1, 0.15) is 11.6 Å². The molecule has 2 heterocycles. The summed E-state index contributed by atoms with van der Waals surface area (Å²) in [5.74, 6) is 0.775. The van der Waals surface area contributed by atoms with Gasteiger partial charge in [-0.1, -0.05) is 0 Å². The van der Waals surface area contributed by atoms with Gasteiger partial charge in [-0.05, 0) is 27.7 Å². The zero-order valence-electron chi connectivity index (χ0n) is 13.7. The Hall–Kier alpha value is -2.49. The number of aryl methyl sites for hydroxylation is 3. The standard InChI is InChI=1S/C15H18BN5O/c1-8-10(3)20(5)15(18-8)14(22-16)12(7-17)13-9(2)19-21(6)11(13)4/h1-6H3. The number of hydrogen-bond acceptors (Lipinski definition) is 4. The van der Waals surface area contributed by atoms with Crippen LogP contribution in [0, 0.1) is 39.0 Å². The number of imidazole rings is 1. The summed E-state index contributed by atoms with van der Waals surface area (Å²) < 4.78 is 8.63. The minimum Gasteiger partial charge on any atom is -0.564 e. The highest BCUT2D eigenvalue weighted by Gasteiger charge is 2.23. The summed E-state index contributed by atoms with van der Waals surface area (Å²) in [6, 6.07) is 2.19. The highest BCUT2D eigenvalue weighted by Crippen LogP contribution is 2.30. The number of aromatic nitrogens is 4. The van der Waals surface area contributed by atoms with E-state index in [1.54, 1.807) is 4.68 Å². The first-order chi connectivity index (χ1) is 10.3. The molecule has 0 unspecified atom stereocenters. The number of rotatable bonds is 3. The fraction of sp³-hybridized carbons (Fsp3) is 0.400. The van der Waals surface area contributed by atoms with Crippen molar-refractivity contribution in [3.63, 3.8) is 0 Å². The average Bonchev–Trinajstić information content (AvgIpc) is 2.88. The Kier molecular flexibility index (Phi) is 4.13. The third-order valence-electron chi connectivity index (χ3n) is 4.04. The summed E-state index contributed by atoms with van der Waals surface area (Å²) in [4.78, 5) is 4.46. The summed E-state index contributed by atoms with van der Waals surface area (Å²) >= 11 is 0. The molecule has 0 aliphatic rings. The summed E-state index contributed by atoms with van der Waals surface area (Å²) in [5.41, 5.74) is 4.52. The van der Waals surface area contributed by atoms with Gasteiger partial charge in [-0.15, -0.1) is 0 Å². The predicted octanol–water partition coefficient (Wildman–Crippen LogP) is 1.88. The van der Waals surface area contributed by atoms with E-state index in [0.29, 0.717) is 11.4 Å². The van der Waals surface area contributed by atoms with Crippen LogP contribution in [0.25, 0.3) is 11.3 Å². The summed E-state index contributed by atoms with van der Waals surface area (Å²) in [7, 11) is 9.16. The molecule has 0 bridgehead atoms. The maximum absolute atomic E-state index is 9.65. The zero-order chi connectivity index (χ0) is 16.6. The van der Waals surface area contributed by atoms with Crippen LogP contribution in [0.2, 0.25) is 0 Å². The highest BCUT2D eigenvalue weighted by molar-refractivity contribution is 6.06. The molecule has 6 nitrogen and oxygen atoms in total. The molecule has 7 heteroatoms. The van der Waals surface area contributed by atoms with Crippen molar-refractivity contribution in [2.75, 3.05) is 0 Å². The van der Waals surface area contributed by atoms with Gasteiger partial charge in [0, 0.05) is 31.0 Å². The Bertz CT molecular complexity index is 807. The molecule has 2 rings (SSSR count). The van der Waals surface area contributed by atoms with E-state index in [-0.39, 0.29) is 5.76 Å². The van der Waals surface area contributed by atoms with Gasteiger partial charge in [0.15, 0.2) is 11.6 Å². The SMILES string of the molecule is [B]OC(=C(C#N)c1c(C)nn(C)c1C)c1nc(C)c(C)n1C. The van der Waals surface area contributed by atoms with Gasteiger partial charge in [0.2, 0.25) is 0 Å². The van der Waals surface area contributed by atoms with Crippen LogP contribution in [0.1, 0.15) is 34.2 Å². The van der Waals surface area contributed by atoms with E-state index >= 15 is 0 Å². The minimum absolute atomic E-state index is 0.250. The van der Waals surface area contributed by atoms with Crippen LogP contribution < -0.4 is 0 Å². The van der Waals surface area contributed by atoms with Gasteiger partial charge in [0.25, 0.3) is 0 Å². The van der Waals surface area contributed by atoms with Gasteiger partial charge in [-0.3, -0.25) is 4.68 Å². The zero-order valence-corrected chi connectivity index (χ0v) is 13.7. The molecule has 0 saturated carbocycles. The number of nitriles is 1. The summed E-state index contributed by atoms with van der Waals surface area (Å²) in [6.07, 6.45) is 0. The van der Waals surface area contributed by atoms with E-state index in [1.165, 1.54) is 0 Å². The highest BCUT2D eigenvalue weighted by atomic mass is 16.4. The molecule has 2 aromatic rings. The quantitative estimate of drug-likeness (QED) is 0.492. The molecule has 0 aliphatic carbocycles. The number of hydrogen-bond donors (Lipinski definition) is 0. The fourth-order valence-electron chi connectivity index (χ4n) is 2.50. The Morgan fingerprint density at radius 1 is 1.14 bits per heavy atom. The third-order valence-corrected chi connectivity index (χ3v) is 4.04. The van der Waals surface area contributed by atoms with Crippen molar-refractivity contribution in [2.45, 2.75) is 27.7 Å². The van der Waals surface area contributed by atoms with Gasteiger partial charge in [0.05, 0.1) is 11.4 Å². The lowest BCUT2D eigenvalue weighted by Crippen LogP contribution is -2.04. The second-order valence-corrected chi connectivity index (χ2v) is 5.27. The molecule has 0 spiro atoms. The molecule has 0 amide bonds. The summed E-state index contributed by atoms with van der Waals surface area (Å²) in [5, 5.41) is 14.0. The molecule has 0 aliphatic heterocycles. The molecule has 2 aromatic heterocycles. The van der Waals surface area contributed by atoms with Crippen molar-refractivity contribution in [1.29, 1.82) is 5.26 Å². The maximum Gasteiger partial charge on any atom is 0.374 e. The first-order valence-corrected chi connectivity index (χ1v) is 6.85. The van der Waals surface area contributed by atoms with Crippen LogP contribution in [0.15, 0.2) is 0 Å². The van der Waals surface area contributed by atoms with E-state index < -0.39 is 0 Å². The van der Waals surface area contributed by atoms with Crippen LogP contribution in [0.3, 0.4) is 0 Å². The largest absolute Gasteiger partial charge is 0.564 e. The van der Waals surface area contributed by atoms with Gasteiger partial charge in [-0.2, -0.15) is 10.4 Å². The Morgan fingerprint density at radius 2 is 1.77 bits per heavy atom. The Labute approximate surface area is 131 Å². The van der Waals surface area contributed by atoms with Gasteiger partial charge in [-0.25, -0.2) is 4.98 Å². The molecular weight excluding hydrogens is 277 g/mol. The topological polar surface area (TPSA) is 68.7 Å². The molecule has 2 radical (unpaired) electrons.